The maximum Gasteiger partial charge on any atom is 0.416 e. The molecule has 1 aliphatic heterocycles. The number of alkyl halides is 3. The van der Waals surface area contributed by atoms with Crippen molar-refractivity contribution >= 4 is 11.7 Å². The molecule has 0 spiro atoms. The van der Waals surface area contributed by atoms with Gasteiger partial charge in [-0.2, -0.15) is 18.3 Å². The van der Waals surface area contributed by atoms with Crippen LogP contribution in [-0.2, 0) is 11.7 Å². The van der Waals surface area contributed by atoms with Gasteiger partial charge >= 0.3 is 6.18 Å². The van der Waals surface area contributed by atoms with Gasteiger partial charge in [-0.3, -0.25) is 4.79 Å². The zero-order valence-electron chi connectivity index (χ0n) is 18.1. The normalized spacial score (nSPS) is 18.6. The fraction of sp³-hybridized carbons (Fsp3) is 0.333. The molecule has 32 heavy (non-hydrogen) atoms. The van der Waals surface area contributed by atoms with Crippen molar-refractivity contribution in [2.24, 2.45) is 0 Å². The Morgan fingerprint density at radius 2 is 1.78 bits per heavy atom. The number of amides is 1. The Kier molecular flexibility index (Phi) is 5.48. The first-order chi connectivity index (χ1) is 15.1. The summed E-state index contributed by atoms with van der Waals surface area (Å²) in [7, 11) is 0. The summed E-state index contributed by atoms with van der Waals surface area (Å²) >= 11 is 0. The van der Waals surface area contributed by atoms with Gasteiger partial charge in [-0.15, -0.1) is 0 Å². The van der Waals surface area contributed by atoms with Crippen LogP contribution in [0.4, 0.5) is 19.0 Å². The van der Waals surface area contributed by atoms with Crippen LogP contribution in [0.1, 0.15) is 66.3 Å². The van der Waals surface area contributed by atoms with Crippen LogP contribution in [0.2, 0.25) is 0 Å². The van der Waals surface area contributed by atoms with E-state index in [0.717, 1.165) is 24.1 Å². The second kappa shape index (κ2) is 8.00. The van der Waals surface area contributed by atoms with Crippen molar-refractivity contribution in [3.63, 3.8) is 0 Å². The van der Waals surface area contributed by atoms with Gasteiger partial charge in [0.05, 0.1) is 29.4 Å². The van der Waals surface area contributed by atoms with E-state index in [1.165, 1.54) is 12.3 Å². The first kappa shape index (κ1) is 21.9. The third kappa shape index (κ3) is 4.22. The van der Waals surface area contributed by atoms with E-state index in [9.17, 15) is 18.0 Å². The predicted octanol–water partition coefficient (Wildman–Crippen LogP) is 5.68. The summed E-state index contributed by atoms with van der Waals surface area (Å²) in [6, 6.07) is 15.1. The lowest BCUT2D eigenvalue weighted by Crippen LogP contribution is -2.41. The zero-order valence-corrected chi connectivity index (χ0v) is 18.1. The number of aromatic nitrogens is 2. The SMILES string of the molecule is CC1CC(c2ccccc2)Nc2c(C(=O)NC(C)(C)c3cccc(C(F)(F)F)c3)cnn21. The third-order valence-corrected chi connectivity index (χ3v) is 5.88. The highest BCUT2D eigenvalue weighted by Gasteiger charge is 2.34. The van der Waals surface area contributed by atoms with Crippen LogP contribution in [0.25, 0.3) is 0 Å². The molecular formula is C24H25F3N4O. The number of carbonyl (C=O) groups excluding carboxylic acids is 1. The number of nitrogens with one attached hydrogen (secondary N) is 2. The van der Waals surface area contributed by atoms with Crippen LogP contribution in [0.15, 0.2) is 60.8 Å². The molecule has 5 nitrogen and oxygen atoms in total. The fourth-order valence-corrected chi connectivity index (χ4v) is 4.08. The summed E-state index contributed by atoms with van der Waals surface area (Å²) in [5.74, 6) is 0.206. The first-order valence-electron chi connectivity index (χ1n) is 10.5. The molecule has 0 radical (unpaired) electrons. The van der Waals surface area contributed by atoms with Crippen molar-refractivity contribution < 1.29 is 18.0 Å². The minimum atomic E-state index is -4.45. The van der Waals surface area contributed by atoms with E-state index >= 15 is 0 Å². The average Bonchev–Trinajstić information content (AvgIpc) is 3.18. The molecule has 1 aliphatic rings. The standard InChI is InChI=1S/C24H25F3N4O/c1-15-12-20(16-8-5-4-6-9-16)29-21-19(14-28-31(15)21)22(32)30-23(2,3)17-10-7-11-18(13-17)24(25,26)27/h4-11,13-15,20,29H,12H2,1-3H3,(H,30,32). The highest BCUT2D eigenvalue weighted by Crippen LogP contribution is 2.37. The van der Waals surface area contributed by atoms with Crippen molar-refractivity contribution in [2.45, 2.75) is 51.0 Å². The average molecular weight is 442 g/mol. The van der Waals surface area contributed by atoms with Gasteiger partial charge in [-0.05, 0) is 50.5 Å². The molecule has 0 fully saturated rings. The molecule has 0 aliphatic carbocycles. The Labute approximate surface area is 184 Å². The molecule has 168 valence electrons. The summed E-state index contributed by atoms with van der Waals surface area (Å²) in [5, 5.41) is 10.7. The monoisotopic (exact) mass is 442 g/mol. The van der Waals surface area contributed by atoms with Gasteiger partial charge in [-0.25, -0.2) is 4.68 Å². The van der Waals surface area contributed by atoms with E-state index in [4.69, 9.17) is 0 Å². The molecule has 1 amide bonds. The predicted molar refractivity (Wildman–Crippen MR) is 116 cm³/mol. The molecule has 1 aromatic heterocycles. The smallest absolute Gasteiger partial charge is 0.363 e. The van der Waals surface area contributed by atoms with Crippen molar-refractivity contribution in [3.8, 4) is 0 Å². The van der Waals surface area contributed by atoms with Gasteiger partial charge in [0, 0.05) is 0 Å². The molecule has 2 heterocycles. The Morgan fingerprint density at radius 1 is 1.09 bits per heavy atom. The number of fused-ring (bicyclic) bond motifs is 1. The molecule has 0 saturated carbocycles. The number of carbonyl (C=O) groups is 1. The lowest BCUT2D eigenvalue weighted by Gasteiger charge is -2.32. The first-order valence-corrected chi connectivity index (χ1v) is 10.5. The summed E-state index contributed by atoms with van der Waals surface area (Å²) in [4.78, 5) is 13.2. The van der Waals surface area contributed by atoms with Crippen molar-refractivity contribution in [3.05, 3.63) is 83.0 Å². The Hall–Kier alpha value is -3.29. The minimum absolute atomic E-state index is 0.0263. The van der Waals surface area contributed by atoms with Gasteiger partial charge in [0.1, 0.15) is 11.4 Å². The molecule has 8 heteroatoms. The van der Waals surface area contributed by atoms with Crippen LogP contribution < -0.4 is 10.6 Å². The molecule has 4 rings (SSSR count). The summed E-state index contributed by atoms with van der Waals surface area (Å²) in [5.41, 5.74) is 0.0679. The van der Waals surface area contributed by atoms with E-state index in [1.54, 1.807) is 24.6 Å². The molecule has 3 aromatic rings. The van der Waals surface area contributed by atoms with Gasteiger partial charge in [0.15, 0.2) is 0 Å². The Morgan fingerprint density at radius 3 is 2.47 bits per heavy atom. The largest absolute Gasteiger partial charge is 0.416 e. The summed E-state index contributed by atoms with van der Waals surface area (Å²) in [6.45, 7) is 5.40. The molecular weight excluding hydrogens is 417 g/mol. The van der Waals surface area contributed by atoms with Crippen LogP contribution in [0, 0.1) is 0 Å². The Balaban J connectivity index is 1.59. The number of hydrogen-bond donors (Lipinski definition) is 2. The minimum Gasteiger partial charge on any atom is -0.363 e. The maximum absolute atomic E-state index is 13.2. The number of halogens is 3. The van der Waals surface area contributed by atoms with Gasteiger partial charge < -0.3 is 10.6 Å². The van der Waals surface area contributed by atoms with E-state index in [0.29, 0.717) is 16.9 Å². The topological polar surface area (TPSA) is 59.0 Å². The fourth-order valence-electron chi connectivity index (χ4n) is 4.08. The van der Waals surface area contributed by atoms with E-state index in [-0.39, 0.29) is 12.1 Å². The van der Waals surface area contributed by atoms with E-state index in [1.807, 2.05) is 37.3 Å². The molecule has 0 saturated heterocycles. The lowest BCUT2D eigenvalue weighted by atomic mass is 9.92. The van der Waals surface area contributed by atoms with Crippen molar-refractivity contribution in [1.82, 2.24) is 15.1 Å². The van der Waals surface area contributed by atoms with Crippen molar-refractivity contribution in [1.29, 1.82) is 0 Å². The van der Waals surface area contributed by atoms with Gasteiger partial charge in [0.2, 0.25) is 0 Å². The van der Waals surface area contributed by atoms with Crippen LogP contribution in [0.5, 0.6) is 0 Å². The van der Waals surface area contributed by atoms with Crippen LogP contribution >= 0.6 is 0 Å². The second-order valence-corrected chi connectivity index (χ2v) is 8.70. The van der Waals surface area contributed by atoms with E-state index < -0.39 is 23.2 Å². The maximum atomic E-state index is 13.2. The van der Waals surface area contributed by atoms with E-state index in [2.05, 4.69) is 15.7 Å². The van der Waals surface area contributed by atoms with Gasteiger partial charge in [-0.1, -0.05) is 42.5 Å². The number of nitrogens with zero attached hydrogens (tertiary/aromatic N) is 2. The quantitative estimate of drug-likeness (QED) is 0.546. The van der Waals surface area contributed by atoms with Crippen LogP contribution in [-0.4, -0.2) is 15.7 Å². The Bertz CT molecular complexity index is 1120. The highest BCUT2D eigenvalue weighted by molar-refractivity contribution is 5.99. The lowest BCUT2D eigenvalue weighted by molar-refractivity contribution is -0.137. The second-order valence-electron chi connectivity index (χ2n) is 8.70. The van der Waals surface area contributed by atoms with Crippen molar-refractivity contribution in [2.75, 3.05) is 5.32 Å². The zero-order chi connectivity index (χ0) is 23.1. The van der Waals surface area contributed by atoms with Crippen LogP contribution in [0.3, 0.4) is 0 Å². The molecule has 2 unspecified atom stereocenters. The molecule has 2 aromatic carbocycles. The number of hydrogen-bond acceptors (Lipinski definition) is 3. The number of rotatable bonds is 4. The highest BCUT2D eigenvalue weighted by atomic mass is 19.4. The third-order valence-electron chi connectivity index (χ3n) is 5.88. The van der Waals surface area contributed by atoms with Gasteiger partial charge in [0.25, 0.3) is 5.91 Å². The number of benzene rings is 2. The summed E-state index contributed by atoms with van der Waals surface area (Å²) < 4.78 is 41.2. The molecule has 2 atom stereocenters. The molecule has 0 bridgehead atoms. The molecule has 2 N–H and O–H groups in total. The summed E-state index contributed by atoms with van der Waals surface area (Å²) in [6.07, 6.45) is -2.13. The number of anilines is 1.